The van der Waals surface area contributed by atoms with Crippen LogP contribution in [0.5, 0.6) is 0 Å². The Kier molecular flexibility index (Phi) is 3.22. The van der Waals surface area contributed by atoms with Gasteiger partial charge in [-0.2, -0.15) is 0 Å². The van der Waals surface area contributed by atoms with Crippen LogP contribution in [0.2, 0.25) is 5.02 Å². The summed E-state index contributed by atoms with van der Waals surface area (Å²) >= 11 is 6.12. The molecule has 0 saturated carbocycles. The van der Waals surface area contributed by atoms with Crippen LogP contribution < -0.4 is 5.32 Å². The van der Waals surface area contributed by atoms with Crippen molar-refractivity contribution >= 4 is 22.6 Å². The summed E-state index contributed by atoms with van der Waals surface area (Å²) in [4.78, 5) is 0. The molecule has 0 unspecified atom stereocenters. The van der Waals surface area contributed by atoms with Crippen LogP contribution in [-0.4, -0.2) is 6.04 Å². The van der Waals surface area contributed by atoms with Gasteiger partial charge in [0.05, 0.1) is 11.3 Å². The summed E-state index contributed by atoms with van der Waals surface area (Å²) in [6.45, 7) is 7.10. The van der Waals surface area contributed by atoms with Crippen molar-refractivity contribution in [3.8, 4) is 0 Å². The average molecular weight is 238 g/mol. The third kappa shape index (κ3) is 2.23. The molecule has 0 radical (unpaired) electrons. The van der Waals surface area contributed by atoms with Gasteiger partial charge in [0.15, 0.2) is 5.58 Å². The zero-order valence-corrected chi connectivity index (χ0v) is 10.6. The minimum absolute atomic E-state index is 0.463. The van der Waals surface area contributed by atoms with Crippen LogP contribution in [0.3, 0.4) is 0 Å². The summed E-state index contributed by atoms with van der Waals surface area (Å²) in [7, 11) is 0. The maximum atomic E-state index is 6.12. The number of furan rings is 1. The summed E-state index contributed by atoms with van der Waals surface area (Å²) in [6.07, 6.45) is 1.78. The van der Waals surface area contributed by atoms with Gasteiger partial charge in [0.25, 0.3) is 0 Å². The molecule has 0 amide bonds. The van der Waals surface area contributed by atoms with Crippen molar-refractivity contribution in [3.63, 3.8) is 0 Å². The van der Waals surface area contributed by atoms with Gasteiger partial charge in [-0.15, -0.1) is 0 Å². The molecule has 0 bridgehead atoms. The molecular weight excluding hydrogens is 222 g/mol. The lowest BCUT2D eigenvalue weighted by Crippen LogP contribution is -2.21. The highest BCUT2D eigenvalue weighted by atomic mass is 35.5. The minimum atomic E-state index is 0.463. The van der Waals surface area contributed by atoms with Crippen LogP contribution in [-0.2, 0) is 6.54 Å². The number of benzene rings is 1. The number of nitrogens with one attached hydrogen (secondary N) is 1. The minimum Gasteiger partial charge on any atom is -0.462 e. The smallest absolute Gasteiger partial charge is 0.152 e. The Morgan fingerprint density at radius 3 is 2.81 bits per heavy atom. The van der Waals surface area contributed by atoms with E-state index in [-0.39, 0.29) is 0 Å². The number of fused-ring (bicyclic) bond motifs is 1. The van der Waals surface area contributed by atoms with Crippen LogP contribution >= 0.6 is 11.6 Å². The van der Waals surface area contributed by atoms with Gasteiger partial charge in [0.2, 0.25) is 0 Å². The fourth-order valence-corrected chi connectivity index (χ4v) is 2.05. The topological polar surface area (TPSA) is 25.2 Å². The normalized spacial score (nSPS) is 11.6. The molecule has 2 rings (SSSR count). The third-order valence-electron chi connectivity index (χ3n) is 2.55. The first kappa shape index (κ1) is 11.5. The van der Waals surface area contributed by atoms with E-state index in [1.807, 2.05) is 13.0 Å². The van der Waals surface area contributed by atoms with E-state index in [1.165, 1.54) is 0 Å². The van der Waals surface area contributed by atoms with Crippen LogP contribution in [0.1, 0.15) is 25.0 Å². The lowest BCUT2D eigenvalue weighted by molar-refractivity contribution is 0.572. The van der Waals surface area contributed by atoms with E-state index >= 15 is 0 Å². The molecule has 1 aromatic heterocycles. The Morgan fingerprint density at radius 2 is 2.12 bits per heavy atom. The number of hydrogen-bond acceptors (Lipinski definition) is 2. The number of halogens is 1. The summed E-state index contributed by atoms with van der Waals surface area (Å²) in [5, 5.41) is 5.17. The SMILES string of the molecule is Cc1cc(Cl)c2occ(CNC(C)C)c2c1. The molecule has 1 aromatic carbocycles. The summed E-state index contributed by atoms with van der Waals surface area (Å²) in [5.41, 5.74) is 3.10. The Hall–Kier alpha value is -0.990. The Morgan fingerprint density at radius 1 is 1.38 bits per heavy atom. The van der Waals surface area contributed by atoms with Crippen molar-refractivity contribution in [2.45, 2.75) is 33.4 Å². The predicted octanol–water partition coefficient (Wildman–Crippen LogP) is 3.89. The van der Waals surface area contributed by atoms with Crippen LogP contribution in [0.15, 0.2) is 22.8 Å². The van der Waals surface area contributed by atoms with Crippen molar-refractivity contribution in [1.82, 2.24) is 5.32 Å². The zero-order chi connectivity index (χ0) is 11.7. The number of aryl methyl sites for hydroxylation is 1. The van der Waals surface area contributed by atoms with Gasteiger partial charge in [0.1, 0.15) is 0 Å². The van der Waals surface area contributed by atoms with Gasteiger partial charge < -0.3 is 9.73 Å². The Balaban J connectivity index is 2.40. The first-order valence-electron chi connectivity index (χ1n) is 5.47. The van der Waals surface area contributed by atoms with Crippen LogP contribution in [0.25, 0.3) is 11.0 Å². The summed E-state index contributed by atoms with van der Waals surface area (Å²) in [6, 6.07) is 4.50. The molecule has 3 heteroatoms. The molecule has 0 aliphatic heterocycles. The molecule has 16 heavy (non-hydrogen) atoms. The van der Waals surface area contributed by atoms with Crippen molar-refractivity contribution in [3.05, 3.63) is 34.5 Å². The van der Waals surface area contributed by atoms with Crippen molar-refractivity contribution < 1.29 is 4.42 Å². The first-order chi connectivity index (χ1) is 7.58. The van der Waals surface area contributed by atoms with E-state index in [0.717, 1.165) is 28.6 Å². The van der Waals surface area contributed by atoms with Crippen LogP contribution in [0.4, 0.5) is 0 Å². The number of rotatable bonds is 3. The second kappa shape index (κ2) is 4.48. The van der Waals surface area contributed by atoms with E-state index in [4.69, 9.17) is 16.0 Å². The van der Waals surface area contributed by atoms with Crippen molar-refractivity contribution in [2.24, 2.45) is 0 Å². The van der Waals surface area contributed by atoms with Gasteiger partial charge in [-0.1, -0.05) is 25.4 Å². The van der Waals surface area contributed by atoms with Crippen molar-refractivity contribution in [2.75, 3.05) is 0 Å². The Bertz CT molecular complexity index is 502. The van der Waals surface area contributed by atoms with Gasteiger partial charge in [-0.05, 0) is 24.6 Å². The van der Waals surface area contributed by atoms with E-state index in [1.54, 1.807) is 6.26 Å². The quantitative estimate of drug-likeness (QED) is 0.876. The molecule has 0 aliphatic carbocycles. The maximum Gasteiger partial charge on any atom is 0.152 e. The molecule has 0 aliphatic rings. The van der Waals surface area contributed by atoms with E-state index in [9.17, 15) is 0 Å². The van der Waals surface area contributed by atoms with Crippen LogP contribution in [0, 0.1) is 6.92 Å². The lowest BCUT2D eigenvalue weighted by Gasteiger charge is -2.06. The Labute approximate surface area is 101 Å². The number of hydrogen-bond donors (Lipinski definition) is 1. The zero-order valence-electron chi connectivity index (χ0n) is 9.80. The molecule has 1 N–H and O–H groups in total. The molecule has 86 valence electrons. The second-order valence-corrected chi connectivity index (χ2v) is 4.83. The monoisotopic (exact) mass is 237 g/mol. The standard InChI is InChI=1S/C13H16ClNO/c1-8(2)15-6-10-7-16-13-11(10)4-9(3)5-12(13)14/h4-5,7-8,15H,6H2,1-3H3. The van der Waals surface area contributed by atoms with Gasteiger partial charge in [-0.3, -0.25) is 0 Å². The molecule has 1 heterocycles. The molecule has 0 spiro atoms. The molecular formula is C13H16ClNO. The summed E-state index contributed by atoms with van der Waals surface area (Å²) < 4.78 is 5.50. The largest absolute Gasteiger partial charge is 0.462 e. The molecule has 0 atom stereocenters. The molecule has 2 nitrogen and oxygen atoms in total. The lowest BCUT2D eigenvalue weighted by atomic mass is 10.1. The molecule has 0 fully saturated rings. The first-order valence-corrected chi connectivity index (χ1v) is 5.85. The highest BCUT2D eigenvalue weighted by Gasteiger charge is 2.09. The predicted molar refractivity (Wildman–Crippen MR) is 67.9 cm³/mol. The highest BCUT2D eigenvalue weighted by molar-refractivity contribution is 6.35. The van der Waals surface area contributed by atoms with Gasteiger partial charge >= 0.3 is 0 Å². The average Bonchev–Trinajstić information content (AvgIpc) is 2.58. The second-order valence-electron chi connectivity index (χ2n) is 4.42. The third-order valence-corrected chi connectivity index (χ3v) is 2.83. The molecule has 2 aromatic rings. The van der Waals surface area contributed by atoms with E-state index in [2.05, 4.69) is 25.2 Å². The molecule has 0 saturated heterocycles. The summed E-state index contributed by atoms with van der Waals surface area (Å²) in [5.74, 6) is 0. The van der Waals surface area contributed by atoms with Crippen molar-refractivity contribution in [1.29, 1.82) is 0 Å². The highest BCUT2D eigenvalue weighted by Crippen LogP contribution is 2.29. The van der Waals surface area contributed by atoms with E-state index in [0.29, 0.717) is 11.1 Å². The fourth-order valence-electron chi connectivity index (χ4n) is 1.73. The van der Waals surface area contributed by atoms with Gasteiger partial charge in [-0.25, -0.2) is 0 Å². The fraction of sp³-hybridized carbons (Fsp3) is 0.385. The van der Waals surface area contributed by atoms with Gasteiger partial charge in [0, 0.05) is 23.5 Å². The maximum absolute atomic E-state index is 6.12. The van der Waals surface area contributed by atoms with E-state index < -0.39 is 0 Å².